The Morgan fingerprint density at radius 1 is 0.974 bits per heavy atom. The van der Waals surface area contributed by atoms with Gasteiger partial charge in [0.1, 0.15) is 11.8 Å². The van der Waals surface area contributed by atoms with E-state index >= 15 is 0 Å². The monoisotopic (exact) mass is 512 g/mol. The highest BCUT2D eigenvalue weighted by Gasteiger charge is 2.36. The lowest BCUT2D eigenvalue weighted by Crippen LogP contribution is -2.51. The molecule has 1 N–H and O–H groups in total. The Hall–Kier alpha value is -4.26. The summed E-state index contributed by atoms with van der Waals surface area (Å²) in [5, 5.41) is 3.06. The minimum Gasteiger partial charge on any atom is -0.497 e. The summed E-state index contributed by atoms with van der Waals surface area (Å²) in [6, 6.07) is 22.0. The van der Waals surface area contributed by atoms with Crippen LogP contribution in [0.1, 0.15) is 30.4 Å². The minimum atomic E-state index is -0.649. The smallest absolute Gasteiger partial charge is 0.247 e. The van der Waals surface area contributed by atoms with Crippen LogP contribution >= 0.6 is 0 Å². The number of ether oxygens (including phenoxy) is 3. The fourth-order valence-electron chi connectivity index (χ4n) is 5.05. The summed E-state index contributed by atoms with van der Waals surface area (Å²) in [5.41, 5.74) is 2.45. The van der Waals surface area contributed by atoms with Crippen molar-refractivity contribution in [2.24, 2.45) is 5.92 Å². The van der Waals surface area contributed by atoms with E-state index in [0.29, 0.717) is 23.7 Å². The van der Waals surface area contributed by atoms with Crippen LogP contribution in [0.5, 0.6) is 17.2 Å². The van der Waals surface area contributed by atoms with Gasteiger partial charge in [-0.1, -0.05) is 54.6 Å². The molecule has 38 heavy (non-hydrogen) atoms. The van der Waals surface area contributed by atoms with Crippen LogP contribution in [0, 0.1) is 5.92 Å². The van der Waals surface area contributed by atoms with E-state index in [-0.39, 0.29) is 30.9 Å². The van der Waals surface area contributed by atoms with Crippen molar-refractivity contribution in [3.63, 3.8) is 0 Å². The molecule has 2 unspecified atom stereocenters. The second-order valence-electron chi connectivity index (χ2n) is 9.58. The molecule has 5 rings (SSSR count). The number of anilines is 1. The van der Waals surface area contributed by atoms with Gasteiger partial charge in [0.15, 0.2) is 11.5 Å². The highest BCUT2D eigenvalue weighted by atomic mass is 16.7. The molecular weight excluding hydrogens is 480 g/mol. The predicted molar refractivity (Wildman–Crippen MR) is 145 cm³/mol. The zero-order chi connectivity index (χ0) is 26.3. The average molecular weight is 513 g/mol. The average Bonchev–Trinajstić information content (AvgIpc) is 3.42. The summed E-state index contributed by atoms with van der Waals surface area (Å²) in [6.45, 7) is 0.475. The third kappa shape index (κ3) is 5.99. The van der Waals surface area contributed by atoms with E-state index < -0.39 is 6.04 Å². The maximum atomic E-state index is 14.0. The summed E-state index contributed by atoms with van der Waals surface area (Å²) in [7, 11) is 1.62. The van der Waals surface area contributed by atoms with Gasteiger partial charge in [0.05, 0.1) is 13.5 Å². The van der Waals surface area contributed by atoms with Crippen molar-refractivity contribution in [3.05, 3.63) is 96.1 Å². The first-order chi connectivity index (χ1) is 18.6. The largest absolute Gasteiger partial charge is 0.497 e. The highest BCUT2D eigenvalue weighted by Crippen LogP contribution is 2.35. The molecular formula is C31H32N2O5. The molecule has 2 aliphatic rings. The molecule has 0 bridgehead atoms. The molecule has 1 aliphatic carbocycles. The van der Waals surface area contributed by atoms with Crippen LogP contribution in [0.4, 0.5) is 5.69 Å². The highest BCUT2D eigenvalue weighted by molar-refractivity contribution is 5.98. The van der Waals surface area contributed by atoms with Crippen molar-refractivity contribution in [1.29, 1.82) is 0 Å². The summed E-state index contributed by atoms with van der Waals surface area (Å²) < 4.78 is 16.2. The van der Waals surface area contributed by atoms with Crippen LogP contribution < -0.4 is 19.5 Å². The molecule has 3 aromatic rings. The van der Waals surface area contributed by atoms with Gasteiger partial charge in [-0.2, -0.15) is 0 Å². The molecule has 2 atom stereocenters. The molecule has 0 spiro atoms. The third-order valence-electron chi connectivity index (χ3n) is 7.03. The van der Waals surface area contributed by atoms with E-state index in [4.69, 9.17) is 14.2 Å². The molecule has 0 saturated heterocycles. The van der Waals surface area contributed by atoms with Crippen LogP contribution in [0.2, 0.25) is 0 Å². The van der Waals surface area contributed by atoms with Gasteiger partial charge < -0.3 is 24.4 Å². The minimum absolute atomic E-state index is 0.00742. The van der Waals surface area contributed by atoms with Gasteiger partial charge in [-0.25, -0.2) is 0 Å². The summed E-state index contributed by atoms with van der Waals surface area (Å²) in [5.74, 6) is 1.68. The number of rotatable bonds is 9. The number of methoxy groups -OCH3 is 1. The normalized spacial score (nSPS) is 16.5. The van der Waals surface area contributed by atoms with Gasteiger partial charge in [-0.05, 0) is 60.6 Å². The molecule has 2 amide bonds. The topological polar surface area (TPSA) is 77.1 Å². The molecule has 0 aromatic heterocycles. The fraction of sp³-hybridized carbons (Fsp3) is 0.290. The van der Waals surface area contributed by atoms with Crippen LogP contribution in [-0.4, -0.2) is 36.7 Å². The lowest BCUT2D eigenvalue weighted by molar-refractivity contribution is -0.141. The van der Waals surface area contributed by atoms with E-state index in [0.717, 1.165) is 36.1 Å². The van der Waals surface area contributed by atoms with E-state index in [2.05, 4.69) is 17.5 Å². The zero-order valence-electron chi connectivity index (χ0n) is 21.5. The number of carbonyl (C=O) groups excluding carboxylic acids is 2. The summed E-state index contributed by atoms with van der Waals surface area (Å²) in [4.78, 5) is 29.6. The molecule has 7 heteroatoms. The summed E-state index contributed by atoms with van der Waals surface area (Å²) >= 11 is 0. The van der Waals surface area contributed by atoms with Gasteiger partial charge in [0, 0.05) is 18.3 Å². The lowest BCUT2D eigenvalue weighted by Gasteiger charge is -2.37. The molecule has 0 radical (unpaired) electrons. The van der Waals surface area contributed by atoms with Gasteiger partial charge in [-0.3, -0.25) is 9.59 Å². The Labute approximate surface area is 223 Å². The number of benzene rings is 3. The molecule has 1 heterocycles. The third-order valence-corrected chi connectivity index (χ3v) is 7.03. The van der Waals surface area contributed by atoms with Crippen LogP contribution in [0.15, 0.2) is 84.9 Å². The first-order valence-electron chi connectivity index (χ1n) is 12.9. The lowest BCUT2D eigenvalue weighted by atomic mass is 9.85. The Balaban J connectivity index is 1.46. The van der Waals surface area contributed by atoms with E-state index in [1.807, 2.05) is 54.6 Å². The second kappa shape index (κ2) is 11.9. The molecule has 7 nitrogen and oxygen atoms in total. The SMILES string of the molecule is COc1ccc(CN(C(=O)Cc2ccccc2)C(C(=O)Nc2ccc3c(c2)OCO3)C2CC=CCC2)cc1. The zero-order valence-corrected chi connectivity index (χ0v) is 21.5. The first-order valence-corrected chi connectivity index (χ1v) is 12.9. The van der Waals surface area contributed by atoms with Crippen molar-refractivity contribution in [2.75, 3.05) is 19.2 Å². The number of fused-ring (bicyclic) bond motifs is 1. The second-order valence-corrected chi connectivity index (χ2v) is 9.58. The molecule has 196 valence electrons. The first kappa shape index (κ1) is 25.4. The number of hydrogen-bond donors (Lipinski definition) is 1. The molecule has 3 aromatic carbocycles. The van der Waals surface area contributed by atoms with Gasteiger partial charge in [0.25, 0.3) is 0 Å². The Morgan fingerprint density at radius 2 is 1.76 bits per heavy atom. The Bertz CT molecular complexity index is 1290. The van der Waals surface area contributed by atoms with Gasteiger partial charge in [0.2, 0.25) is 18.6 Å². The standard InChI is InChI=1S/C31H32N2O5/c1-36-26-15-12-23(13-16-26)20-33(29(34)18-22-8-4-2-5-9-22)30(24-10-6-3-7-11-24)31(35)32-25-14-17-27-28(19-25)38-21-37-27/h2-6,8-9,12-17,19,24,30H,7,10-11,18,20-21H2,1H3,(H,32,35). The van der Waals surface area contributed by atoms with Crippen molar-refractivity contribution in [2.45, 2.75) is 38.3 Å². The number of carbonyl (C=O) groups is 2. The molecule has 0 saturated carbocycles. The number of amides is 2. The summed E-state index contributed by atoms with van der Waals surface area (Å²) in [6.07, 6.45) is 6.91. The quantitative estimate of drug-likeness (QED) is 0.391. The Morgan fingerprint density at radius 3 is 2.50 bits per heavy atom. The van der Waals surface area contributed by atoms with Crippen molar-refractivity contribution >= 4 is 17.5 Å². The van der Waals surface area contributed by atoms with Crippen molar-refractivity contribution in [1.82, 2.24) is 4.90 Å². The molecule has 1 aliphatic heterocycles. The van der Waals surface area contributed by atoms with Crippen LogP contribution in [0.3, 0.4) is 0 Å². The van der Waals surface area contributed by atoms with E-state index in [1.54, 1.807) is 30.2 Å². The predicted octanol–water partition coefficient (Wildman–Crippen LogP) is 5.36. The number of nitrogens with one attached hydrogen (secondary N) is 1. The maximum Gasteiger partial charge on any atom is 0.247 e. The van der Waals surface area contributed by atoms with Crippen molar-refractivity contribution in [3.8, 4) is 17.2 Å². The van der Waals surface area contributed by atoms with Crippen molar-refractivity contribution < 1.29 is 23.8 Å². The Kier molecular flexibility index (Phi) is 7.92. The van der Waals surface area contributed by atoms with Gasteiger partial charge >= 0.3 is 0 Å². The van der Waals surface area contributed by atoms with E-state index in [9.17, 15) is 9.59 Å². The van der Waals surface area contributed by atoms with Crippen LogP contribution in [-0.2, 0) is 22.6 Å². The fourth-order valence-corrected chi connectivity index (χ4v) is 5.05. The van der Waals surface area contributed by atoms with Gasteiger partial charge in [-0.15, -0.1) is 0 Å². The van der Waals surface area contributed by atoms with E-state index in [1.165, 1.54) is 0 Å². The number of hydrogen-bond acceptors (Lipinski definition) is 5. The number of nitrogens with zero attached hydrogens (tertiary/aromatic N) is 1. The van der Waals surface area contributed by atoms with Crippen LogP contribution in [0.25, 0.3) is 0 Å². The molecule has 0 fully saturated rings. The number of allylic oxidation sites excluding steroid dienone is 2. The maximum absolute atomic E-state index is 14.0.